The molecule has 0 aliphatic carbocycles. The fraction of sp³-hybridized carbons (Fsp3) is 0.474. The molecule has 0 spiro atoms. The number of carbonyl (C=O) groups is 1. The van der Waals surface area contributed by atoms with Crippen LogP contribution in [0.25, 0.3) is 5.57 Å². The van der Waals surface area contributed by atoms with E-state index < -0.39 is 18.2 Å². The second kappa shape index (κ2) is 9.81. The summed E-state index contributed by atoms with van der Waals surface area (Å²) in [6.45, 7) is 7.14. The fourth-order valence-electron chi connectivity index (χ4n) is 2.64. The lowest BCUT2D eigenvalue weighted by Crippen LogP contribution is -2.26. The molecule has 0 amide bonds. The molecule has 1 aliphatic heterocycles. The van der Waals surface area contributed by atoms with Crippen molar-refractivity contribution in [2.75, 3.05) is 13.7 Å². The highest BCUT2D eigenvalue weighted by Gasteiger charge is 2.44. The Morgan fingerprint density at radius 3 is 2.54 bits per heavy atom. The third-order valence-electron chi connectivity index (χ3n) is 3.98. The first kappa shape index (κ1) is 22.1. The molecule has 1 aromatic rings. The number of ether oxygens (including phenoxy) is 2. The summed E-state index contributed by atoms with van der Waals surface area (Å²) in [7, 11) is 1.44. The molecule has 28 heavy (non-hydrogen) atoms. The number of benzene rings is 1. The van der Waals surface area contributed by atoms with Crippen LogP contribution in [0.5, 0.6) is 0 Å². The Hall–Kier alpha value is -2.23. The minimum Gasteiger partial charge on any atom is -0.485 e. The SMILES string of the molecule is CC[C@]1(C)O/C(=N\OCC(=O)O)C(OC(C)C)=C1c1ccc(SOOC)cc1. The van der Waals surface area contributed by atoms with Crippen molar-refractivity contribution >= 4 is 29.5 Å². The van der Waals surface area contributed by atoms with Crippen LogP contribution in [0.1, 0.15) is 39.7 Å². The summed E-state index contributed by atoms with van der Waals surface area (Å²) in [5.74, 6) is -0.545. The maximum Gasteiger partial charge on any atom is 0.344 e. The monoisotopic (exact) mass is 411 g/mol. The summed E-state index contributed by atoms with van der Waals surface area (Å²) in [5.41, 5.74) is 1.02. The van der Waals surface area contributed by atoms with Crippen molar-refractivity contribution in [3.8, 4) is 0 Å². The standard InChI is InChI=1S/C19H25NO7S/c1-6-19(4)16(13-7-9-14(10-8-13)28-27-23-5)17(25-12(2)3)18(26-19)20-24-11-15(21)22/h7-10,12H,6,11H2,1-5H3,(H,21,22)/b20-18-/t19-/m0/s1. The summed E-state index contributed by atoms with van der Waals surface area (Å²) in [4.78, 5) is 21.1. The summed E-state index contributed by atoms with van der Waals surface area (Å²) < 4.78 is 16.9. The van der Waals surface area contributed by atoms with Crippen molar-refractivity contribution in [2.24, 2.45) is 5.16 Å². The van der Waals surface area contributed by atoms with Crippen molar-refractivity contribution in [2.45, 2.75) is 50.7 Å². The average molecular weight is 411 g/mol. The molecule has 0 saturated heterocycles. The number of hydrogen-bond acceptors (Lipinski definition) is 8. The zero-order chi connectivity index (χ0) is 20.7. The molecule has 0 saturated carbocycles. The molecule has 8 nitrogen and oxygen atoms in total. The number of hydrogen-bond donors (Lipinski definition) is 1. The number of nitrogens with zero attached hydrogens (tertiary/aromatic N) is 1. The van der Waals surface area contributed by atoms with Crippen LogP contribution < -0.4 is 0 Å². The first-order valence-corrected chi connectivity index (χ1v) is 9.55. The predicted octanol–water partition coefficient (Wildman–Crippen LogP) is 4.02. The van der Waals surface area contributed by atoms with Crippen LogP contribution in [0.4, 0.5) is 0 Å². The smallest absolute Gasteiger partial charge is 0.344 e. The zero-order valence-corrected chi connectivity index (χ0v) is 17.4. The van der Waals surface area contributed by atoms with Crippen LogP contribution in [0, 0.1) is 0 Å². The van der Waals surface area contributed by atoms with Crippen LogP contribution in [0.2, 0.25) is 0 Å². The highest BCUT2D eigenvalue weighted by atomic mass is 32.2. The van der Waals surface area contributed by atoms with E-state index in [1.54, 1.807) is 0 Å². The van der Waals surface area contributed by atoms with Crippen molar-refractivity contribution in [1.29, 1.82) is 0 Å². The minimum absolute atomic E-state index is 0.135. The van der Waals surface area contributed by atoms with Crippen LogP contribution in [-0.2, 0) is 28.3 Å². The molecular formula is C19H25NO7S. The topological polar surface area (TPSA) is 95.8 Å². The lowest BCUT2D eigenvalue weighted by Gasteiger charge is -2.25. The van der Waals surface area contributed by atoms with Gasteiger partial charge in [0.1, 0.15) is 5.60 Å². The molecule has 9 heteroatoms. The summed E-state index contributed by atoms with van der Waals surface area (Å²) >= 11 is 1.10. The highest BCUT2D eigenvalue weighted by molar-refractivity contribution is 7.94. The molecule has 1 atom stereocenters. The Morgan fingerprint density at radius 1 is 1.32 bits per heavy atom. The van der Waals surface area contributed by atoms with Gasteiger partial charge in [0.05, 0.1) is 30.8 Å². The van der Waals surface area contributed by atoms with Crippen LogP contribution in [0.3, 0.4) is 0 Å². The lowest BCUT2D eigenvalue weighted by molar-refractivity contribution is -0.160. The largest absolute Gasteiger partial charge is 0.485 e. The van der Waals surface area contributed by atoms with Gasteiger partial charge in [-0.2, -0.15) is 4.33 Å². The third-order valence-corrected chi connectivity index (χ3v) is 4.65. The number of rotatable bonds is 10. The Bertz CT molecular complexity index is 745. The first-order valence-electron chi connectivity index (χ1n) is 8.81. The number of carboxylic acids is 1. The Morgan fingerprint density at radius 2 is 2.00 bits per heavy atom. The van der Waals surface area contributed by atoms with Crippen molar-refractivity contribution < 1.29 is 33.4 Å². The molecular weight excluding hydrogens is 386 g/mol. The maximum absolute atomic E-state index is 10.7. The van der Waals surface area contributed by atoms with E-state index in [0.29, 0.717) is 12.2 Å². The normalized spacial score (nSPS) is 20.6. The minimum atomic E-state index is -1.12. The van der Waals surface area contributed by atoms with Crippen molar-refractivity contribution in [1.82, 2.24) is 0 Å². The van der Waals surface area contributed by atoms with Crippen molar-refractivity contribution in [3.63, 3.8) is 0 Å². The van der Waals surface area contributed by atoms with Gasteiger partial charge in [-0.1, -0.05) is 19.1 Å². The van der Waals surface area contributed by atoms with Gasteiger partial charge in [-0.15, -0.1) is 0 Å². The van der Waals surface area contributed by atoms with Gasteiger partial charge in [0.2, 0.25) is 6.61 Å². The number of oxime groups is 1. The quantitative estimate of drug-likeness (QED) is 0.350. The Labute approximate surface area is 168 Å². The molecule has 2 rings (SSSR count). The lowest BCUT2D eigenvalue weighted by atomic mass is 9.88. The van der Waals surface area contributed by atoms with E-state index >= 15 is 0 Å². The van der Waals surface area contributed by atoms with Crippen LogP contribution >= 0.6 is 12.0 Å². The van der Waals surface area contributed by atoms with E-state index in [-0.39, 0.29) is 12.0 Å². The fourth-order valence-corrected chi connectivity index (χ4v) is 3.04. The molecule has 1 N–H and O–H groups in total. The van der Waals surface area contributed by atoms with E-state index in [1.807, 2.05) is 52.0 Å². The van der Waals surface area contributed by atoms with Gasteiger partial charge in [0.25, 0.3) is 5.90 Å². The van der Waals surface area contributed by atoms with E-state index in [2.05, 4.69) is 10.0 Å². The molecule has 0 unspecified atom stereocenters. The van der Waals surface area contributed by atoms with E-state index in [1.165, 1.54) is 7.11 Å². The van der Waals surface area contributed by atoms with E-state index in [0.717, 1.165) is 28.1 Å². The number of carboxylic acid groups (broad SMARTS) is 1. The van der Waals surface area contributed by atoms with Crippen LogP contribution in [0.15, 0.2) is 40.1 Å². The second-order valence-corrected chi connectivity index (χ2v) is 7.24. The Kier molecular flexibility index (Phi) is 7.73. The summed E-state index contributed by atoms with van der Waals surface area (Å²) in [6, 6.07) is 7.65. The van der Waals surface area contributed by atoms with Gasteiger partial charge in [-0.05, 0) is 50.0 Å². The molecule has 154 valence electrons. The number of aliphatic carboxylic acids is 1. The first-order chi connectivity index (χ1) is 13.3. The summed E-state index contributed by atoms with van der Waals surface area (Å²) in [5, 5.41) is 12.6. The molecule has 1 aliphatic rings. The van der Waals surface area contributed by atoms with Gasteiger partial charge in [-0.25, -0.2) is 9.68 Å². The molecule has 1 heterocycles. The van der Waals surface area contributed by atoms with Crippen LogP contribution in [-0.4, -0.2) is 42.4 Å². The molecule has 0 bridgehead atoms. The van der Waals surface area contributed by atoms with E-state index in [9.17, 15) is 4.79 Å². The molecule has 0 radical (unpaired) electrons. The van der Waals surface area contributed by atoms with Gasteiger partial charge in [0, 0.05) is 4.90 Å². The maximum atomic E-state index is 10.7. The van der Waals surface area contributed by atoms with Gasteiger partial charge < -0.3 is 19.4 Å². The van der Waals surface area contributed by atoms with E-state index in [4.69, 9.17) is 23.8 Å². The Balaban J connectivity index is 2.46. The zero-order valence-electron chi connectivity index (χ0n) is 16.6. The van der Waals surface area contributed by atoms with Gasteiger partial charge in [-0.3, -0.25) is 0 Å². The molecule has 0 fully saturated rings. The molecule has 1 aromatic carbocycles. The molecule has 0 aromatic heterocycles. The van der Waals surface area contributed by atoms with Gasteiger partial charge >= 0.3 is 5.97 Å². The highest BCUT2D eigenvalue weighted by Crippen LogP contribution is 2.43. The summed E-state index contributed by atoms with van der Waals surface area (Å²) in [6.07, 6.45) is 0.511. The predicted molar refractivity (Wildman–Crippen MR) is 104 cm³/mol. The second-order valence-electron chi connectivity index (χ2n) is 6.46. The van der Waals surface area contributed by atoms with Crippen molar-refractivity contribution in [3.05, 3.63) is 35.6 Å². The van der Waals surface area contributed by atoms with Gasteiger partial charge in [0.15, 0.2) is 5.76 Å². The average Bonchev–Trinajstić information content (AvgIpc) is 2.92. The third kappa shape index (κ3) is 5.40.